The van der Waals surface area contributed by atoms with E-state index in [-0.39, 0.29) is 18.4 Å². The third kappa shape index (κ3) is 7.01. The molecule has 0 radical (unpaired) electrons. The molecule has 1 aliphatic rings. The van der Waals surface area contributed by atoms with Crippen LogP contribution in [0.4, 0.5) is 0 Å². The molecule has 0 aromatic rings. The monoisotopic (exact) mass is 342 g/mol. The molecule has 6 nitrogen and oxygen atoms in total. The molecule has 0 aromatic carbocycles. The summed E-state index contributed by atoms with van der Waals surface area (Å²) < 4.78 is 9.75. The summed E-state index contributed by atoms with van der Waals surface area (Å²) in [7, 11) is 1.23. The van der Waals surface area contributed by atoms with Gasteiger partial charge in [0.1, 0.15) is 6.10 Å². The summed E-state index contributed by atoms with van der Waals surface area (Å²) in [6.45, 7) is 2.17. The Balaban J connectivity index is 2.31. The predicted octanol–water partition coefficient (Wildman–Crippen LogP) is 2.26. The number of carbonyl (C=O) groups is 2. The van der Waals surface area contributed by atoms with Gasteiger partial charge in [0, 0.05) is 18.4 Å². The maximum atomic E-state index is 11.9. The van der Waals surface area contributed by atoms with E-state index in [0.29, 0.717) is 0 Å². The first kappa shape index (κ1) is 20.6. The van der Waals surface area contributed by atoms with Crippen molar-refractivity contribution in [1.82, 2.24) is 0 Å². The van der Waals surface area contributed by atoms with E-state index in [1.54, 1.807) is 0 Å². The molecule has 1 aliphatic carbocycles. The van der Waals surface area contributed by atoms with Crippen molar-refractivity contribution >= 4 is 11.9 Å². The Bertz CT molecular complexity index is 431. The lowest BCUT2D eigenvalue weighted by Crippen LogP contribution is -2.44. The number of aliphatic hydroxyl groups is 2. The van der Waals surface area contributed by atoms with E-state index in [4.69, 9.17) is 4.74 Å². The zero-order valence-electron chi connectivity index (χ0n) is 14.7. The van der Waals surface area contributed by atoms with Gasteiger partial charge in [-0.05, 0) is 12.5 Å². The molecule has 2 N–H and O–H groups in total. The van der Waals surface area contributed by atoms with Gasteiger partial charge >= 0.3 is 11.9 Å². The van der Waals surface area contributed by atoms with Crippen LogP contribution < -0.4 is 0 Å². The Labute approximate surface area is 143 Å². The molecule has 0 aliphatic heterocycles. The molecule has 0 spiro atoms. The van der Waals surface area contributed by atoms with Gasteiger partial charge in [0.25, 0.3) is 0 Å². The molecule has 6 heteroatoms. The van der Waals surface area contributed by atoms with Crippen LogP contribution in [0.2, 0.25) is 0 Å². The topological polar surface area (TPSA) is 93.1 Å². The first-order valence-corrected chi connectivity index (χ1v) is 8.84. The summed E-state index contributed by atoms with van der Waals surface area (Å²) in [4.78, 5) is 23.3. The van der Waals surface area contributed by atoms with Gasteiger partial charge in [0.05, 0.1) is 13.2 Å². The molecular weight excluding hydrogens is 312 g/mol. The van der Waals surface area contributed by atoms with E-state index in [1.807, 2.05) is 0 Å². The zero-order chi connectivity index (χ0) is 17.9. The van der Waals surface area contributed by atoms with Gasteiger partial charge in [-0.15, -0.1) is 0 Å². The number of carbonyl (C=O) groups excluding carboxylic acids is 2. The van der Waals surface area contributed by atoms with Crippen LogP contribution in [0.15, 0.2) is 11.6 Å². The molecule has 24 heavy (non-hydrogen) atoms. The Morgan fingerprint density at radius 2 is 1.75 bits per heavy atom. The Morgan fingerprint density at radius 1 is 1.12 bits per heavy atom. The molecule has 0 aromatic heterocycles. The van der Waals surface area contributed by atoms with E-state index in [9.17, 15) is 19.8 Å². The standard InChI is InChI=1S/C18H30O6/c1-3-4-5-6-7-8-9-10-16(21)24-17-14(19)11-13(12-15(17)20)18(22)23-2/h11,14-15,17,19-20H,3-10,12H2,1-2H3/t14-,15-,17-/m1/s1. The van der Waals surface area contributed by atoms with Crippen LogP contribution in [0.25, 0.3) is 0 Å². The fourth-order valence-electron chi connectivity index (χ4n) is 2.81. The number of hydrogen-bond donors (Lipinski definition) is 2. The quantitative estimate of drug-likeness (QED) is 0.467. The highest BCUT2D eigenvalue weighted by Crippen LogP contribution is 2.23. The number of hydrogen-bond acceptors (Lipinski definition) is 6. The summed E-state index contributed by atoms with van der Waals surface area (Å²) in [6.07, 6.45) is 5.90. The van der Waals surface area contributed by atoms with Crippen LogP contribution >= 0.6 is 0 Å². The lowest BCUT2D eigenvalue weighted by atomic mass is 9.92. The van der Waals surface area contributed by atoms with Gasteiger partial charge in [-0.2, -0.15) is 0 Å². The highest BCUT2D eigenvalue weighted by atomic mass is 16.6. The fraction of sp³-hybridized carbons (Fsp3) is 0.778. The van der Waals surface area contributed by atoms with E-state index >= 15 is 0 Å². The number of methoxy groups -OCH3 is 1. The summed E-state index contributed by atoms with van der Waals surface area (Å²) in [5.41, 5.74) is 0.192. The first-order valence-electron chi connectivity index (χ1n) is 8.84. The van der Waals surface area contributed by atoms with Gasteiger partial charge in [-0.25, -0.2) is 4.79 Å². The summed E-state index contributed by atoms with van der Waals surface area (Å²) in [5, 5.41) is 20.0. The maximum absolute atomic E-state index is 11.9. The minimum absolute atomic E-state index is 0.000884. The molecule has 0 fully saturated rings. The molecule has 1 rings (SSSR count). The number of rotatable bonds is 10. The van der Waals surface area contributed by atoms with Crippen molar-refractivity contribution in [3.63, 3.8) is 0 Å². The van der Waals surface area contributed by atoms with Crippen LogP contribution in [-0.4, -0.2) is 47.6 Å². The first-order chi connectivity index (χ1) is 11.5. The van der Waals surface area contributed by atoms with Crippen LogP contribution in [0, 0.1) is 0 Å². The molecule has 0 saturated heterocycles. The summed E-state index contributed by atoms with van der Waals surface area (Å²) in [5.74, 6) is -1.03. The predicted molar refractivity (Wildman–Crippen MR) is 89.2 cm³/mol. The van der Waals surface area contributed by atoms with Gasteiger partial charge in [-0.1, -0.05) is 45.4 Å². The van der Waals surface area contributed by atoms with Crippen molar-refractivity contribution in [2.75, 3.05) is 7.11 Å². The Morgan fingerprint density at radius 3 is 2.33 bits per heavy atom. The lowest BCUT2D eigenvalue weighted by Gasteiger charge is -2.30. The van der Waals surface area contributed by atoms with E-state index in [0.717, 1.165) is 19.3 Å². The van der Waals surface area contributed by atoms with Crippen molar-refractivity contribution in [2.24, 2.45) is 0 Å². The van der Waals surface area contributed by atoms with E-state index < -0.39 is 30.3 Å². The van der Waals surface area contributed by atoms with Crippen molar-refractivity contribution in [3.8, 4) is 0 Å². The van der Waals surface area contributed by atoms with Crippen molar-refractivity contribution in [1.29, 1.82) is 0 Å². The molecule has 0 amide bonds. The number of aliphatic hydroxyl groups excluding tert-OH is 2. The summed E-state index contributed by atoms with van der Waals surface area (Å²) in [6, 6.07) is 0. The normalized spacial score (nSPS) is 23.5. The highest BCUT2D eigenvalue weighted by molar-refractivity contribution is 5.88. The number of ether oxygens (including phenoxy) is 2. The van der Waals surface area contributed by atoms with Crippen molar-refractivity contribution in [2.45, 2.75) is 83.0 Å². The zero-order valence-corrected chi connectivity index (χ0v) is 14.7. The second-order valence-corrected chi connectivity index (χ2v) is 6.27. The molecular formula is C18H30O6. The fourth-order valence-corrected chi connectivity index (χ4v) is 2.81. The van der Waals surface area contributed by atoms with Crippen LogP contribution in [0.3, 0.4) is 0 Å². The maximum Gasteiger partial charge on any atom is 0.333 e. The number of esters is 2. The smallest absolute Gasteiger partial charge is 0.333 e. The van der Waals surface area contributed by atoms with Gasteiger partial charge in [0.2, 0.25) is 0 Å². The second kappa shape index (κ2) is 11.2. The van der Waals surface area contributed by atoms with E-state index in [2.05, 4.69) is 11.7 Å². The van der Waals surface area contributed by atoms with E-state index in [1.165, 1.54) is 38.9 Å². The second-order valence-electron chi connectivity index (χ2n) is 6.27. The lowest BCUT2D eigenvalue weighted by molar-refractivity contribution is -0.163. The van der Waals surface area contributed by atoms with Gasteiger partial charge < -0.3 is 19.7 Å². The molecule has 3 atom stereocenters. The highest BCUT2D eigenvalue weighted by Gasteiger charge is 2.36. The molecule has 0 unspecified atom stereocenters. The third-order valence-corrected chi connectivity index (χ3v) is 4.22. The minimum Gasteiger partial charge on any atom is -0.466 e. The summed E-state index contributed by atoms with van der Waals surface area (Å²) >= 11 is 0. The SMILES string of the molecule is CCCCCCCCCC(=O)O[C@@H]1[C@H](O)C=C(C(=O)OC)C[C@H]1O. The third-order valence-electron chi connectivity index (χ3n) is 4.22. The number of unbranched alkanes of at least 4 members (excludes halogenated alkanes) is 6. The van der Waals surface area contributed by atoms with Crippen LogP contribution in [0.1, 0.15) is 64.7 Å². The molecule has 0 bridgehead atoms. The van der Waals surface area contributed by atoms with Crippen molar-refractivity contribution < 1.29 is 29.3 Å². The van der Waals surface area contributed by atoms with Crippen LogP contribution in [-0.2, 0) is 19.1 Å². The Hall–Kier alpha value is -1.40. The average molecular weight is 342 g/mol. The Kier molecular flexibility index (Phi) is 9.64. The average Bonchev–Trinajstić information content (AvgIpc) is 2.56. The largest absolute Gasteiger partial charge is 0.466 e. The van der Waals surface area contributed by atoms with Gasteiger partial charge in [-0.3, -0.25) is 4.79 Å². The minimum atomic E-state index is -1.21. The van der Waals surface area contributed by atoms with Crippen molar-refractivity contribution in [3.05, 3.63) is 11.6 Å². The van der Waals surface area contributed by atoms with Gasteiger partial charge in [0.15, 0.2) is 6.10 Å². The molecule has 0 heterocycles. The molecule has 0 saturated carbocycles. The molecule has 138 valence electrons. The van der Waals surface area contributed by atoms with Crippen LogP contribution in [0.5, 0.6) is 0 Å².